The summed E-state index contributed by atoms with van der Waals surface area (Å²) in [7, 11) is 4.41. The molecule has 4 aliphatic rings. The Labute approximate surface area is 205 Å². The first kappa shape index (κ1) is 23.7. The highest BCUT2D eigenvalue weighted by Gasteiger charge is 2.56. The van der Waals surface area contributed by atoms with Crippen LogP contribution in [0.5, 0.6) is 0 Å². The lowest BCUT2D eigenvalue weighted by Crippen LogP contribution is -2.55. The lowest BCUT2D eigenvalue weighted by molar-refractivity contribution is -0.132. The van der Waals surface area contributed by atoms with Gasteiger partial charge in [0.15, 0.2) is 0 Å². The molecule has 186 valence electrons. The Morgan fingerprint density at radius 2 is 1.71 bits per heavy atom. The molecule has 5 rings (SSSR count). The normalized spacial score (nSPS) is 30.3. The van der Waals surface area contributed by atoms with E-state index in [1.54, 1.807) is 0 Å². The van der Waals surface area contributed by atoms with Gasteiger partial charge in [-0.2, -0.15) is 0 Å². The summed E-state index contributed by atoms with van der Waals surface area (Å²) in [5.41, 5.74) is 0.999. The summed E-state index contributed by atoms with van der Waals surface area (Å²) in [6.07, 6.45) is 8.23. The summed E-state index contributed by atoms with van der Waals surface area (Å²) in [6.45, 7) is 7.40. The van der Waals surface area contributed by atoms with Gasteiger partial charge < -0.3 is 14.7 Å². The molecule has 0 atom stereocenters. The summed E-state index contributed by atoms with van der Waals surface area (Å²) < 4.78 is 0. The summed E-state index contributed by atoms with van der Waals surface area (Å²) in [4.78, 5) is 35.0. The number of hydrogen-bond acceptors (Lipinski definition) is 3. The van der Waals surface area contributed by atoms with Gasteiger partial charge in [-0.25, -0.2) is 4.79 Å². The van der Waals surface area contributed by atoms with Crippen LogP contribution in [-0.2, 0) is 10.3 Å². The Morgan fingerprint density at radius 1 is 1.03 bits per heavy atom. The fourth-order valence-electron chi connectivity index (χ4n) is 6.98. The molecule has 1 aromatic rings. The van der Waals surface area contributed by atoms with E-state index in [-0.39, 0.29) is 28.6 Å². The van der Waals surface area contributed by atoms with E-state index in [0.717, 1.165) is 51.7 Å². The van der Waals surface area contributed by atoms with Gasteiger partial charge in [-0.1, -0.05) is 30.3 Å². The first-order chi connectivity index (χ1) is 16.2. The third kappa shape index (κ3) is 4.02. The van der Waals surface area contributed by atoms with Gasteiger partial charge in [-0.05, 0) is 84.4 Å². The van der Waals surface area contributed by atoms with Crippen molar-refractivity contribution in [3.05, 3.63) is 35.9 Å². The first-order valence-electron chi connectivity index (χ1n) is 13.3. The van der Waals surface area contributed by atoms with E-state index in [4.69, 9.17) is 0 Å². The first-order valence-corrected chi connectivity index (χ1v) is 13.3. The van der Waals surface area contributed by atoms with Crippen molar-refractivity contribution < 1.29 is 9.59 Å². The second-order valence-corrected chi connectivity index (χ2v) is 12.2. The summed E-state index contributed by atoms with van der Waals surface area (Å²) in [6, 6.07) is 11.1. The van der Waals surface area contributed by atoms with Crippen LogP contribution in [0.25, 0.3) is 0 Å². The topological polar surface area (TPSA) is 47.1 Å². The highest BCUT2D eigenvalue weighted by Crippen LogP contribution is 2.50. The van der Waals surface area contributed by atoms with Crippen LogP contribution in [0, 0.1) is 5.92 Å². The molecule has 34 heavy (non-hydrogen) atoms. The molecule has 0 N–H and O–H groups in total. The number of carbonyl (C=O) groups is 2. The number of likely N-dealkylation sites (tertiary alicyclic amines) is 1. The fourth-order valence-corrected chi connectivity index (χ4v) is 6.98. The van der Waals surface area contributed by atoms with Crippen LogP contribution in [0.3, 0.4) is 0 Å². The molecule has 0 unspecified atom stereocenters. The van der Waals surface area contributed by atoms with Gasteiger partial charge >= 0.3 is 6.03 Å². The van der Waals surface area contributed by atoms with Gasteiger partial charge in [0.25, 0.3) is 0 Å². The van der Waals surface area contributed by atoms with Gasteiger partial charge in [0.05, 0.1) is 11.1 Å². The Kier molecular flexibility index (Phi) is 5.94. The second-order valence-electron chi connectivity index (χ2n) is 12.2. The lowest BCUT2D eigenvalue weighted by Gasteiger charge is -2.51. The molecule has 6 nitrogen and oxygen atoms in total. The van der Waals surface area contributed by atoms with Crippen LogP contribution < -0.4 is 0 Å². The van der Waals surface area contributed by atoms with Crippen LogP contribution in [0.2, 0.25) is 0 Å². The largest absolute Gasteiger partial charge is 0.336 e. The molecule has 1 spiro atoms. The molecule has 2 saturated heterocycles. The third-order valence-corrected chi connectivity index (χ3v) is 9.25. The van der Waals surface area contributed by atoms with Crippen molar-refractivity contribution in [3.8, 4) is 0 Å². The predicted octanol–water partition coefficient (Wildman–Crippen LogP) is 4.30. The molecule has 6 heteroatoms. The summed E-state index contributed by atoms with van der Waals surface area (Å²) in [5, 5.41) is 0. The van der Waals surface area contributed by atoms with E-state index < -0.39 is 0 Å². The number of amides is 3. The smallest absolute Gasteiger partial charge is 0.320 e. The molecule has 2 aliphatic heterocycles. The van der Waals surface area contributed by atoms with Crippen molar-refractivity contribution in [2.45, 2.75) is 81.8 Å². The quantitative estimate of drug-likeness (QED) is 0.602. The third-order valence-electron chi connectivity index (χ3n) is 9.25. The van der Waals surface area contributed by atoms with Gasteiger partial charge in [-0.3, -0.25) is 9.69 Å². The predicted molar refractivity (Wildman–Crippen MR) is 134 cm³/mol. The van der Waals surface area contributed by atoms with E-state index in [1.807, 2.05) is 4.90 Å². The van der Waals surface area contributed by atoms with Crippen LogP contribution >= 0.6 is 0 Å². The molecular formula is C28H42N4O2. The van der Waals surface area contributed by atoms with E-state index in [9.17, 15) is 9.59 Å². The van der Waals surface area contributed by atoms with Crippen molar-refractivity contribution in [2.24, 2.45) is 5.92 Å². The van der Waals surface area contributed by atoms with Crippen LogP contribution in [0.4, 0.5) is 4.79 Å². The Morgan fingerprint density at radius 3 is 2.26 bits per heavy atom. The number of urea groups is 1. The summed E-state index contributed by atoms with van der Waals surface area (Å²) >= 11 is 0. The minimum atomic E-state index is -0.327. The second kappa shape index (κ2) is 8.54. The summed E-state index contributed by atoms with van der Waals surface area (Å²) in [5.74, 6) is 0.904. The number of benzene rings is 1. The lowest BCUT2D eigenvalue weighted by atomic mass is 9.68. The van der Waals surface area contributed by atoms with Crippen molar-refractivity contribution in [3.63, 3.8) is 0 Å². The van der Waals surface area contributed by atoms with Crippen molar-refractivity contribution in [1.29, 1.82) is 0 Å². The molecular weight excluding hydrogens is 424 g/mol. The maximum Gasteiger partial charge on any atom is 0.320 e. The molecule has 0 bridgehead atoms. The molecule has 2 aliphatic carbocycles. The van der Waals surface area contributed by atoms with E-state index in [1.165, 1.54) is 18.4 Å². The van der Waals surface area contributed by atoms with Gasteiger partial charge in [-0.15, -0.1) is 0 Å². The monoisotopic (exact) mass is 466 g/mol. The Balaban J connectivity index is 1.38. The fraction of sp³-hybridized carbons (Fsp3) is 0.714. The number of rotatable bonds is 7. The molecule has 0 aromatic heterocycles. The maximum absolute atomic E-state index is 13.8. The van der Waals surface area contributed by atoms with Crippen molar-refractivity contribution in [2.75, 3.05) is 40.3 Å². The average molecular weight is 467 g/mol. The molecule has 2 heterocycles. The SMILES string of the molecule is CN(C)C1(c2ccccc2)CCC2(CC1)CN(CC(C)(C)N1CCCC1=O)C(=O)N2CC1CC1. The number of hydrogen-bond donors (Lipinski definition) is 0. The standard InChI is InChI=1S/C28H42N4O2/c1-26(2,31-18-8-11-24(31)33)20-30-21-27(32(25(30)34)19-22-12-13-22)14-16-28(17-15-27,29(3)4)23-9-6-5-7-10-23/h5-7,9-10,22H,8,11-21H2,1-4H3. The van der Waals surface area contributed by atoms with E-state index >= 15 is 0 Å². The zero-order valence-corrected chi connectivity index (χ0v) is 21.6. The molecule has 3 amide bonds. The zero-order valence-electron chi connectivity index (χ0n) is 21.6. The molecule has 2 saturated carbocycles. The Bertz CT molecular complexity index is 916. The highest BCUT2D eigenvalue weighted by molar-refractivity contribution is 5.80. The number of nitrogens with zero attached hydrogens (tertiary/aromatic N) is 4. The van der Waals surface area contributed by atoms with E-state index in [0.29, 0.717) is 18.9 Å². The Hall–Kier alpha value is -2.08. The highest BCUT2D eigenvalue weighted by atomic mass is 16.2. The molecule has 4 fully saturated rings. The number of carbonyl (C=O) groups excluding carboxylic acids is 2. The van der Waals surface area contributed by atoms with Crippen LogP contribution in [-0.4, -0.2) is 82.9 Å². The minimum Gasteiger partial charge on any atom is -0.336 e. The van der Waals surface area contributed by atoms with Crippen molar-refractivity contribution >= 4 is 11.9 Å². The van der Waals surface area contributed by atoms with Gasteiger partial charge in [0, 0.05) is 38.1 Å². The van der Waals surface area contributed by atoms with Crippen LogP contribution in [0.15, 0.2) is 30.3 Å². The van der Waals surface area contributed by atoms with Crippen LogP contribution in [0.1, 0.15) is 70.8 Å². The van der Waals surface area contributed by atoms with Gasteiger partial charge in [0.2, 0.25) is 5.91 Å². The maximum atomic E-state index is 13.8. The zero-order chi connectivity index (χ0) is 24.1. The molecule has 1 aromatic carbocycles. The molecule has 0 radical (unpaired) electrons. The van der Waals surface area contributed by atoms with Gasteiger partial charge in [0.1, 0.15) is 0 Å². The van der Waals surface area contributed by atoms with Crippen molar-refractivity contribution in [1.82, 2.24) is 19.6 Å². The van der Waals surface area contributed by atoms with E-state index in [2.05, 4.69) is 73.0 Å². The average Bonchev–Trinajstić information content (AvgIpc) is 3.48. The minimum absolute atomic E-state index is 0.0233.